The van der Waals surface area contributed by atoms with Crippen molar-refractivity contribution in [3.8, 4) is 0 Å². The highest BCUT2D eigenvalue weighted by molar-refractivity contribution is 5.91. The van der Waals surface area contributed by atoms with Gasteiger partial charge in [-0.1, -0.05) is 6.07 Å². The molecule has 2 heterocycles. The lowest BCUT2D eigenvalue weighted by molar-refractivity contribution is -0.184. The monoisotopic (exact) mass is 338 g/mol. The molecule has 1 saturated heterocycles. The van der Waals surface area contributed by atoms with E-state index in [2.05, 4.69) is 10.4 Å². The lowest BCUT2D eigenvalue weighted by Gasteiger charge is -2.39. The summed E-state index contributed by atoms with van der Waals surface area (Å²) >= 11 is 0. The van der Waals surface area contributed by atoms with E-state index in [1.54, 1.807) is 0 Å². The molecule has 0 bridgehead atoms. The predicted molar refractivity (Wildman–Crippen MR) is 68.5 cm³/mol. The number of nitrogens with zero attached hydrogens (tertiary/aromatic N) is 2. The van der Waals surface area contributed by atoms with Crippen LogP contribution in [-0.2, 0) is 0 Å². The van der Waals surface area contributed by atoms with Crippen LogP contribution in [0.5, 0.6) is 0 Å². The van der Waals surface area contributed by atoms with Crippen LogP contribution in [0, 0.1) is 17.5 Å². The Hall–Kier alpha value is -1.81. The molecule has 1 aromatic carbocycles. The average Bonchev–Trinajstić information content (AvgIpc) is 2.84. The summed E-state index contributed by atoms with van der Waals surface area (Å²) in [7, 11) is 0. The molecule has 3 unspecified atom stereocenters. The molecule has 0 aliphatic carbocycles. The number of fused-ring (bicyclic) bond motifs is 1. The van der Waals surface area contributed by atoms with Gasteiger partial charge in [0.2, 0.25) is 0 Å². The van der Waals surface area contributed by atoms with Crippen LogP contribution in [0.3, 0.4) is 0 Å². The number of nitrogens with two attached hydrogens (primary N) is 1. The highest BCUT2D eigenvalue weighted by Gasteiger charge is 2.51. The first-order chi connectivity index (χ1) is 10.7. The number of nitrogens with one attached hydrogen (secondary N) is 1. The Balaban J connectivity index is 2.00. The topological polar surface area (TPSA) is 53.6 Å². The molecule has 126 valence electrons. The third-order valence-electron chi connectivity index (χ3n) is 3.96. The molecule has 2 aliphatic heterocycles. The molecule has 0 aromatic heterocycles. The highest BCUT2D eigenvalue weighted by Crippen LogP contribution is 2.40. The zero-order chi connectivity index (χ0) is 16.9. The first kappa shape index (κ1) is 16.1. The lowest BCUT2D eigenvalue weighted by atomic mass is 9.86. The van der Waals surface area contributed by atoms with Gasteiger partial charge in [0.25, 0.3) is 0 Å². The number of amidine groups is 1. The van der Waals surface area contributed by atoms with E-state index in [4.69, 9.17) is 5.73 Å². The van der Waals surface area contributed by atoms with Gasteiger partial charge in [-0.05, 0) is 18.9 Å². The Kier molecular flexibility index (Phi) is 3.75. The molecular weight excluding hydrogens is 326 g/mol. The second-order valence-electron chi connectivity index (χ2n) is 5.38. The summed E-state index contributed by atoms with van der Waals surface area (Å²) in [5.41, 5.74) is 7.61. The van der Waals surface area contributed by atoms with Crippen LogP contribution in [-0.4, -0.2) is 29.4 Å². The lowest BCUT2D eigenvalue weighted by Crippen LogP contribution is -2.58. The van der Waals surface area contributed by atoms with Crippen molar-refractivity contribution in [2.24, 2.45) is 10.7 Å². The Labute approximate surface area is 126 Å². The number of hydrazine groups is 1. The van der Waals surface area contributed by atoms with Gasteiger partial charge in [-0.2, -0.15) is 18.6 Å². The fourth-order valence-electron chi connectivity index (χ4n) is 2.95. The third kappa shape index (κ3) is 2.65. The molecule has 0 spiro atoms. The minimum Gasteiger partial charge on any atom is -0.296 e. The molecule has 3 atom stereocenters. The van der Waals surface area contributed by atoms with E-state index in [9.17, 15) is 26.3 Å². The molecule has 0 radical (unpaired) electrons. The summed E-state index contributed by atoms with van der Waals surface area (Å²) in [6, 6.07) is -0.118. The van der Waals surface area contributed by atoms with Crippen molar-refractivity contribution in [2.45, 2.75) is 37.3 Å². The van der Waals surface area contributed by atoms with E-state index < -0.39 is 41.9 Å². The first-order valence-electron chi connectivity index (χ1n) is 6.79. The van der Waals surface area contributed by atoms with Gasteiger partial charge in [-0.15, -0.1) is 0 Å². The minimum absolute atomic E-state index is 0.115. The summed E-state index contributed by atoms with van der Waals surface area (Å²) in [5.74, 6) is -5.53. The highest BCUT2D eigenvalue weighted by atomic mass is 19.4. The molecule has 1 fully saturated rings. The van der Waals surface area contributed by atoms with Crippen LogP contribution in [0.1, 0.15) is 24.3 Å². The van der Waals surface area contributed by atoms with Crippen molar-refractivity contribution in [3.05, 3.63) is 35.1 Å². The number of rotatable bonds is 1. The van der Waals surface area contributed by atoms with E-state index >= 15 is 0 Å². The van der Waals surface area contributed by atoms with Crippen molar-refractivity contribution in [1.29, 1.82) is 0 Å². The van der Waals surface area contributed by atoms with Gasteiger partial charge < -0.3 is 0 Å². The fourth-order valence-corrected chi connectivity index (χ4v) is 2.95. The fraction of sp³-hybridized carbons (Fsp3) is 0.462. The number of aliphatic imine (C=N–C) groups is 1. The number of alkyl halides is 3. The van der Waals surface area contributed by atoms with Crippen LogP contribution >= 0.6 is 0 Å². The Morgan fingerprint density at radius 2 is 1.83 bits per heavy atom. The van der Waals surface area contributed by atoms with Crippen LogP contribution in [0.2, 0.25) is 0 Å². The van der Waals surface area contributed by atoms with Gasteiger partial charge in [-0.3, -0.25) is 10.7 Å². The van der Waals surface area contributed by atoms with Crippen molar-refractivity contribution >= 4 is 5.84 Å². The van der Waals surface area contributed by atoms with Crippen LogP contribution in [0.4, 0.5) is 26.3 Å². The van der Waals surface area contributed by atoms with Crippen molar-refractivity contribution < 1.29 is 26.3 Å². The summed E-state index contributed by atoms with van der Waals surface area (Å²) in [4.78, 5) is 3.85. The van der Waals surface area contributed by atoms with Crippen molar-refractivity contribution in [2.75, 3.05) is 0 Å². The summed E-state index contributed by atoms with van der Waals surface area (Å²) < 4.78 is 79.6. The maximum absolute atomic E-state index is 14.0. The van der Waals surface area contributed by atoms with Gasteiger partial charge in [0.15, 0.2) is 23.7 Å². The van der Waals surface area contributed by atoms with Crippen LogP contribution in [0.25, 0.3) is 0 Å². The largest absolute Gasteiger partial charge is 0.410 e. The molecule has 2 aliphatic rings. The number of halogens is 6. The van der Waals surface area contributed by atoms with Crippen LogP contribution in [0.15, 0.2) is 17.1 Å². The molecule has 10 heteroatoms. The van der Waals surface area contributed by atoms with Crippen molar-refractivity contribution in [3.63, 3.8) is 0 Å². The van der Waals surface area contributed by atoms with Gasteiger partial charge in [0.1, 0.15) is 11.9 Å². The number of piperidine rings is 1. The number of benzene rings is 1. The maximum atomic E-state index is 14.0. The molecule has 0 saturated carbocycles. The van der Waals surface area contributed by atoms with Crippen molar-refractivity contribution in [1.82, 2.24) is 10.4 Å². The van der Waals surface area contributed by atoms with E-state index in [1.807, 2.05) is 0 Å². The van der Waals surface area contributed by atoms with E-state index in [1.165, 1.54) is 0 Å². The number of hydrogen-bond acceptors (Lipinski definition) is 4. The van der Waals surface area contributed by atoms with Gasteiger partial charge >= 0.3 is 6.18 Å². The van der Waals surface area contributed by atoms with Gasteiger partial charge in [-0.25, -0.2) is 18.2 Å². The molecule has 3 rings (SSSR count). The maximum Gasteiger partial charge on any atom is 0.410 e. The molecule has 0 amide bonds. The van der Waals surface area contributed by atoms with Gasteiger partial charge in [0, 0.05) is 11.5 Å². The number of hydrogen-bond donors (Lipinski definition) is 2. The normalized spacial score (nSPS) is 27.9. The van der Waals surface area contributed by atoms with E-state index in [0.29, 0.717) is 0 Å². The van der Waals surface area contributed by atoms with E-state index in [0.717, 1.165) is 17.1 Å². The molecule has 23 heavy (non-hydrogen) atoms. The van der Waals surface area contributed by atoms with Gasteiger partial charge in [0.05, 0.1) is 0 Å². The molecule has 4 nitrogen and oxygen atoms in total. The third-order valence-corrected chi connectivity index (χ3v) is 3.96. The quantitative estimate of drug-likeness (QED) is 0.611. The summed E-state index contributed by atoms with van der Waals surface area (Å²) in [6.07, 6.45) is -6.11. The standard InChI is InChI=1S/C13H12F6N4/c14-7-3-1-5(9(15)10(7)16)6-2-4-8(13(17,18)19)23-11(6)21-12(20)22-23/h1,3,6,8,12,22H,2,4,20H2. The second-order valence-corrected chi connectivity index (χ2v) is 5.38. The second kappa shape index (κ2) is 5.38. The Bertz CT molecular complexity index is 659. The molecule has 3 N–H and O–H groups in total. The predicted octanol–water partition coefficient (Wildman–Crippen LogP) is 2.37. The van der Waals surface area contributed by atoms with Crippen LogP contribution < -0.4 is 11.2 Å². The molecule has 1 aromatic rings. The smallest absolute Gasteiger partial charge is 0.296 e. The summed E-state index contributed by atoms with van der Waals surface area (Å²) in [5, 5.41) is 0.750. The molecular formula is C13H12F6N4. The zero-order valence-electron chi connectivity index (χ0n) is 11.5. The van der Waals surface area contributed by atoms with E-state index in [-0.39, 0.29) is 24.2 Å². The Morgan fingerprint density at radius 3 is 2.48 bits per heavy atom. The summed E-state index contributed by atoms with van der Waals surface area (Å²) in [6.45, 7) is 0. The zero-order valence-corrected chi connectivity index (χ0v) is 11.5. The average molecular weight is 338 g/mol. The Morgan fingerprint density at radius 1 is 1.13 bits per heavy atom. The first-order valence-corrected chi connectivity index (χ1v) is 6.79. The minimum atomic E-state index is -4.53. The SMILES string of the molecule is NC1N=C2C(c3ccc(F)c(F)c3F)CCC(C(F)(F)F)N2N1.